The van der Waals surface area contributed by atoms with Crippen molar-refractivity contribution in [2.75, 3.05) is 0 Å². The molecule has 0 rings (SSSR count). The normalized spacial score (nSPS) is 14.7. The highest BCUT2D eigenvalue weighted by atomic mass is 16.1. The van der Waals surface area contributed by atoms with E-state index in [4.69, 9.17) is 0 Å². The lowest BCUT2D eigenvalue weighted by molar-refractivity contribution is -0.110. The summed E-state index contributed by atoms with van der Waals surface area (Å²) in [5.41, 5.74) is 0.168. The standard InChI is InChI=1S/C7H15NO/c1-6(8-5-9)7(2,3)4/h5-6H,1-4H3,(H,8,9). The molecule has 0 aromatic heterocycles. The van der Waals surface area contributed by atoms with Gasteiger partial charge in [0.15, 0.2) is 0 Å². The van der Waals surface area contributed by atoms with Gasteiger partial charge < -0.3 is 5.32 Å². The van der Waals surface area contributed by atoms with Gasteiger partial charge in [0, 0.05) is 6.04 Å². The molecule has 0 aliphatic carbocycles. The van der Waals surface area contributed by atoms with Crippen molar-refractivity contribution in [3.8, 4) is 0 Å². The molecule has 54 valence electrons. The maximum atomic E-state index is 9.95. The van der Waals surface area contributed by atoms with E-state index in [0.29, 0.717) is 0 Å². The summed E-state index contributed by atoms with van der Waals surface area (Å²) >= 11 is 0. The second-order valence-corrected chi connectivity index (χ2v) is 3.37. The first kappa shape index (κ1) is 8.47. The van der Waals surface area contributed by atoms with E-state index in [-0.39, 0.29) is 11.5 Å². The lowest BCUT2D eigenvalue weighted by Gasteiger charge is -2.26. The van der Waals surface area contributed by atoms with Crippen molar-refractivity contribution >= 4 is 6.41 Å². The predicted molar refractivity (Wildman–Crippen MR) is 38.1 cm³/mol. The van der Waals surface area contributed by atoms with Crippen LogP contribution in [0, 0.1) is 5.41 Å². The SMILES string of the molecule is CC(NC=O)C(C)(C)C. The maximum absolute atomic E-state index is 9.95. The van der Waals surface area contributed by atoms with Crippen LogP contribution in [0.3, 0.4) is 0 Å². The molecule has 2 heteroatoms. The molecule has 0 aliphatic heterocycles. The third kappa shape index (κ3) is 3.12. The second-order valence-electron chi connectivity index (χ2n) is 3.37. The Bertz CT molecular complexity index is 93.6. The van der Waals surface area contributed by atoms with Crippen LogP contribution in [0.25, 0.3) is 0 Å². The highest BCUT2D eigenvalue weighted by Gasteiger charge is 2.18. The van der Waals surface area contributed by atoms with Crippen molar-refractivity contribution in [1.29, 1.82) is 0 Å². The fraction of sp³-hybridized carbons (Fsp3) is 0.857. The van der Waals surface area contributed by atoms with Gasteiger partial charge in [-0.05, 0) is 12.3 Å². The van der Waals surface area contributed by atoms with Crippen LogP contribution in [-0.2, 0) is 4.79 Å². The van der Waals surface area contributed by atoms with Crippen molar-refractivity contribution < 1.29 is 4.79 Å². The minimum Gasteiger partial charge on any atom is -0.356 e. The summed E-state index contributed by atoms with van der Waals surface area (Å²) in [7, 11) is 0. The zero-order chi connectivity index (χ0) is 7.49. The number of carbonyl (C=O) groups excluding carboxylic acids is 1. The lowest BCUT2D eigenvalue weighted by atomic mass is 9.88. The minimum atomic E-state index is 0.168. The average Bonchev–Trinajstić information content (AvgIpc) is 1.64. The van der Waals surface area contributed by atoms with Crippen molar-refractivity contribution in [2.24, 2.45) is 5.41 Å². The zero-order valence-corrected chi connectivity index (χ0v) is 6.56. The molecule has 0 bridgehead atoms. The number of nitrogens with one attached hydrogen (secondary N) is 1. The molecule has 0 aliphatic rings. The first-order valence-electron chi connectivity index (χ1n) is 3.18. The van der Waals surface area contributed by atoms with Gasteiger partial charge in [-0.2, -0.15) is 0 Å². The number of hydrogen-bond acceptors (Lipinski definition) is 1. The number of hydrogen-bond donors (Lipinski definition) is 1. The van der Waals surface area contributed by atoms with Gasteiger partial charge in [0.05, 0.1) is 0 Å². The van der Waals surface area contributed by atoms with Gasteiger partial charge in [-0.15, -0.1) is 0 Å². The van der Waals surface area contributed by atoms with E-state index < -0.39 is 0 Å². The summed E-state index contributed by atoms with van der Waals surface area (Å²) in [4.78, 5) is 9.95. The number of rotatable bonds is 2. The van der Waals surface area contributed by atoms with Gasteiger partial charge in [-0.25, -0.2) is 0 Å². The molecule has 9 heavy (non-hydrogen) atoms. The second kappa shape index (κ2) is 2.85. The highest BCUT2D eigenvalue weighted by molar-refractivity contribution is 5.46. The van der Waals surface area contributed by atoms with Crippen molar-refractivity contribution in [1.82, 2.24) is 5.32 Å². The van der Waals surface area contributed by atoms with Crippen molar-refractivity contribution in [2.45, 2.75) is 33.7 Å². The molecule has 1 unspecified atom stereocenters. The van der Waals surface area contributed by atoms with Crippen LogP contribution in [0.15, 0.2) is 0 Å². The smallest absolute Gasteiger partial charge is 0.207 e. The third-order valence-corrected chi connectivity index (χ3v) is 1.62. The molecule has 0 spiro atoms. The Hall–Kier alpha value is -0.530. The molecule has 0 saturated carbocycles. The summed E-state index contributed by atoms with van der Waals surface area (Å²) in [5, 5.41) is 2.70. The molecule has 0 saturated heterocycles. The fourth-order valence-corrected chi connectivity index (χ4v) is 0.352. The molecule has 1 amide bonds. The van der Waals surface area contributed by atoms with Gasteiger partial charge in [0.2, 0.25) is 6.41 Å². The quantitative estimate of drug-likeness (QED) is 0.557. The molecule has 1 atom stereocenters. The summed E-state index contributed by atoms with van der Waals surface area (Å²) in [6.45, 7) is 8.27. The first-order chi connectivity index (χ1) is 3.98. The Kier molecular flexibility index (Phi) is 2.68. The summed E-state index contributed by atoms with van der Waals surface area (Å²) in [6, 6.07) is 0.245. The number of carbonyl (C=O) groups is 1. The Balaban J connectivity index is 3.72. The Morgan fingerprint density at radius 3 is 2.00 bits per heavy atom. The van der Waals surface area contributed by atoms with Crippen LogP contribution in [0.2, 0.25) is 0 Å². The van der Waals surface area contributed by atoms with Crippen molar-refractivity contribution in [3.63, 3.8) is 0 Å². The molecule has 0 radical (unpaired) electrons. The molecule has 1 N–H and O–H groups in total. The predicted octanol–water partition coefficient (Wildman–Crippen LogP) is 1.17. The molecule has 2 nitrogen and oxygen atoms in total. The fourth-order valence-electron chi connectivity index (χ4n) is 0.352. The van der Waals surface area contributed by atoms with E-state index in [1.165, 1.54) is 0 Å². The van der Waals surface area contributed by atoms with Crippen LogP contribution in [0.5, 0.6) is 0 Å². The Labute approximate surface area is 56.6 Å². The Morgan fingerprint density at radius 2 is 1.89 bits per heavy atom. The Morgan fingerprint density at radius 1 is 1.44 bits per heavy atom. The van der Waals surface area contributed by atoms with Crippen LogP contribution in [-0.4, -0.2) is 12.5 Å². The lowest BCUT2D eigenvalue weighted by Crippen LogP contribution is -2.36. The summed E-state index contributed by atoms with van der Waals surface area (Å²) in [5.74, 6) is 0. The monoisotopic (exact) mass is 129 g/mol. The van der Waals surface area contributed by atoms with Gasteiger partial charge >= 0.3 is 0 Å². The van der Waals surface area contributed by atoms with Crippen LogP contribution in [0.4, 0.5) is 0 Å². The molecule has 0 heterocycles. The first-order valence-corrected chi connectivity index (χ1v) is 3.18. The molecule has 0 aromatic carbocycles. The summed E-state index contributed by atoms with van der Waals surface area (Å²) in [6.07, 6.45) is 0.746. The van der Waals surface area contributed by atoms with Gasteiger partial charge in [-0.1, -0.05) is 20.8 Å². The highest BCUT2D eigenvalue weighted by Crippen LogP contribution is 2.17. The van der Waals surface area contributed by atoms with E-state index in [1.54, 1.807) is 0 Å². The van der Waals surface area contributed by atoms with E-state index in [1.807, 2.05) is 6.92 Å². The van der Waals surface area contributed by atoms with Crippen LogP contribution in [0.1, 0.15) is 27.7 Å². The molecular formula is C7H15NO. The zero-order valence-electron chi connectivity index (χ0n) is 6.56. The minimum absolute atomic E-state index is 0.168. The largest absolute Gasteiger partial charge is 0.356 e. The van der Waals surface area contributed by atoms with Gasteiger partial charge in [0.25, 0.3) is 0 Å². The molecule has 0 aromatic rings. The van der Waals surface area contributed by atoms with Gasteiger partial charge in [-0.3, -0.25) is 4.79 Å². The van der Waals surface area contributed by atoms with Gasteiger partial charge in [0.1, 0.15) is 0 Å². The average molecular weight is 129 g/mol. The van der Waals surface area contributed by atoms with Crippen LogP contribution >= 0.6 is 0 Å². The van der Waals surface area contributed by atoms with E-state index >= 15 is 0 Å². The summed E-state index contributed by atoms with van der Waals surface area (Å²) < 4.78 is 0. The maximum Gasteiger partial charge on any atom is 0.207 e. The topological polar surface area (TPSA) is 29.1 Å². The third-order valence-electron chi connectivity index (χ3n) is 1.62. The van der Waals surface area contributed by atoms with E-state index in [0.717, 1.165) is 6.41 Å². The molecule has 0 fully saturated rings. The van der Waals surface area contributed by atoms with E-state index in [9.17, 15) is 4.79 Å². The van der Waals surface area contributed by atoms with Crippen molar-refractivity contribution in [3.05, 3.63) is 0 Å². The molecular weight excluding hydrogens is 114 g/mol. The van der Waals surface area contributed by atoms with E-state index in [2.05, 4.69) is 26.1 Å². The number of amides is 1. The van der Waals surface area contributed by atoms with Crippen LogP contribution < -0.4 is 5.32 Å².